The van der Waals surface area contributed by atoms with E-state index in [4.69, 9.17) is 16.6 Å². The lowest BCUT2D eigenvalue weighted by molar-refractivity contribution is 0.832. The van der Waals surface area contributed by atoms with Gasteiger partial charge in [-0.25, -0.2) is 4.98 Å². The van der Waals surface area contributed by atoms with Gasteiger partial charge >= 0.3 is 0 Å². The van der Waals surface area contributed by atoms with Crippen molar-refractivity contribution in [3.05, 3.63) is 59.9 Å². The minimum Gasteiger partial charge on any atom is -0.296 e. The van der Waals surface area contributed by atoms with Crippen LogP contribution in [0.5, 0.6) is 0 Å². The standard InChI is InChI=1S/C18H19ClN2/c1-13(2)14-7-3-5-9-16(14)21-17-10-6-4-8-15(17)20-18(21)11-12-19/h3-10,13H,11-12H2,1-2H3. The van der Waals surface area contributed by atoms with Crippen LogP contribution < -0.4 is 0 Å². The smallest absolute Gasteiger partial charge is 0.115 e. The van der Waals surface area contributed by atoms with E-state index in [9.17, 15) is 0 Å². The highest BCUT2D eigenvalue weighted by Gasteiger charge is 2.15. The Morgan fingerprint density at radius 2 is 1.76 bits per heavy atom. The van der Waals surface area contributed by atoms with Crippen molar-refractivity contribution in [3.8, 4) is 5.69 Å². The first kappa shape index (κ1) is 14.2. The molecule has 0 spiro atoms. The van der Waals surface area contributed by atoms with E-state index in [0.717, 1.165) is 23.3 Å². The van der Waals surface area contributed by atoms with Crippen LogP contribution in [0.15, 0.2) is 48.5 Å². The highest BCUT2D eigenvalue weighted by atomic mass is 35.5. The number of rotatable bonds is 4. The fourth-order valence-electron chi connectivity index (χ4n) is 2.78. The largest absolute Gasteiger partial charge is 0.296 e. The Balaban J connectivity index is 2.31. The van der Waals surface area contributed by atoms with Crippen LogP contribution in [0.2, 0.25) is 0 Å². The average molecular weight is 299 g/mol. The third-order valence-corrected chi connectivity index (χ3v) is 3.94. The summed E-state index contributed by atoms with van der Waals surface area (Å²) >= 11 is 5.97. The van der Waals surface area contributed by atoms with Crippen LogP contribution in [0.3, 0.4) is 0 Å². The van der Waals surface area contributed by atoms with E-state index in [1.54, 1.807) is 0 Å². The fraction of sp³-hybridized carbons (Fsp3) is 0.278. The summed E-state index contributed by atoms with van der Waals surface area (Å²) < 4.78 is 2.26. The number of imidazole rings is 1. The number of hydrogen-bond acceptors (Lipinski definition) is 1. The molecule has 0 saturated heterocycles. The molecule has 0 aliphatic rings. The summed E-state index contributed by atoms with van der Waals surface area (Å²) in [6.45, 7) is 4.44. The van der Waals surface area contributed by atoms with Gasteiger partial charge in [0.1, 0.15) is 5.82 Å². The summed E-state index contributed by atoms with van der Waals surface area (Å²) in [6.07, 6.45) is 0.767. The first-order valence-electron chi connectivity index (χ1n) is 7.34. The SMILES string of the molecule is CC(C)c1ccccc1-n1c(CCCl)nc2ccccc21. The Bertz CT molecular complexity index is 759. The molecule has 0 saturated carbocycles. The van der Waals surface area contributed by atoms with Crippen molar-refractivity contribution < 1.29 is 0 Å². The quantitative estimate of drug-likeness (QED) is 0.624. The monoisotopic (exact) mass is 298 g/mol. The minimum atomic E-state index is 0.464. The van der Waals surface area contributed by atoms with Crippen molar-refractivity contribution in [1.82, 2.24) is 9.55 Å². The van der Waals surface area contributed by atoms with Gasteiger partial charge < -0.3 is 0 Å². The second-order valence-electron chi connectivity index (χ2n) is 5.50. The van der Waals surface area contributed by atoms with Crippen molar-refractivity contribution in [2.75, 3.05) is 5.88 Å². The molecule has 0 bridgehead atoms. The van der Waals surface area contributed by atoms with E-state index >= 15 is 0 Å². The lowest BCUT2D eigenvalue weighted by Crippen LogP contribution is -2.06. The van der Waals surface area contributed by atoms with Gasteiger partial charge in [0.2, 0.25) is 0 Å². The molecule has 21 heavy (non-hydrogen) atoms. The fourth-order valence-corrected chi connectivity index (χ4v) is 2.95. The maximum atomic E-state index is 5.97. The zero-order valence-corrected chi connectivity index (χ0v) is 13.1. The molecule has 0 N–H and O–H groups in total. The highest BCUT2D eigenvalue weighted by molar-refractivity contribution is 6.17. The third kappa shape index (κ3) is 2.56. The molecule has 2 nitrogen and oxygen atoms in total. The van der Waals surface area contributed by atoms with E-state index < -0.39 is 0 Å². The van der Waals surface area contributed by atoms with Crippen LogP contribution in [-0.2, 0) is 6.42 Å². The average Bonchev–Trinajstić information content (AvgIpc) is 2.85. The van der Waals surface area contributed by atoms with E-state index in [1.807, 2.05) is 6.07 Å². The van der Waals surface area contributed by atoms with Gasteiger partial charge in [-0.05, 0) is 29.7 Å². The van der Waals surface area contributed by atoms with Gasteiger partial charge in [0.25, 0.3) is 0 Å². The predicted molar refractivity (Wildman–Crippen MR) is 89.6 cm³/mol. The Morgan fingerprint density at radius 3 is 2.52 bits per heavy atom. The highest BCUT2D eigenvalue weighted by Crippen LogP contribution is 2.28. The maximum Gasteiger partial charge on any atom is 0.115 e. The normalized spacial score (nSPS) is 11.4. The number of benzene rings is 2. The van der Waals surface area contributed by atoms with Gasteiger partial charge in [0.05, 0.1) is 16.7 Å². The van der Waals surface area contributed by atoms with Crippen molar-refractivity contribution in [2.24, 2.45) is 0 Å². The summed E-state index contributed by atoms with van der Waals surface area (Å²) in [5.41, 5.74) is 4.71. The molecule has 2 aromatic carbocycles. The third-order valence-electron chi connectivity index (χ3n) is 3.75. The van der Waals surface area contributed by atoms with Crippen molar-refractivity contribution in [3.63, 3.8) is 0 Å². The Kier molecular flexibility index (Phi) is 3.98. The number of aromatic nitrogens is 2. The van der Waals surface area contributed by atoms with Gasteiger partial charge in [0, 0.05) is 12.3 Å². The zero-order valence-electron chi connectivity index (χ0n) is 12.4. The predicted octanol–water partition coefficient (Wildman–Crippen LogP) is 4.93. The molecule has 0 unspecified atom stereocenters. The minimum absolute atomic E-state index is 0.464. The number of alkyl halides is 1. The lowest BCUT2D eigenvalue weighted by atomic mass is 10.0. The Hall–Kier alpha value is -1.80. The molecule has 3 heteroatoms. The molecule has 3 aromatic rings. The number of nitrogens with zero attached hydrogens (tertiary/aromatic N) is 2. The second-order valence-corrected chi connectivity index (χ2v) is 5.88. The van der Waals surface area contributed by atoms with Gasteiger partial charge in [0.15, 0.2) is 0 Å². The summed E-state index contributed by atoms with van der Waals surface area (Å²) in [5.74, 6) is 2.07. The van der Waals surface area contributed by atoms with E-state index in [1.165, 1.54) is 11.3 Å². The Morgan fingerprint density at radius 1 is 1.05 bits per heavy atom. The first-order chi connectivity index (χ1) is 10.2. The van der Waals surface area contributed by atoms with Crippen molar-refractivity contribution in [1.29, 1.82) is 0 Å². The van der Waals surface area contributed by atoms with Crippen LogP contribution in [0.1, 0.15) is 31.2 Å². The van der Waals surface area contributed by atoms with Gasteiger partial charge in [-0.3, -0.25) is 4.57 Å². The molecule has 1 heterocycles. The molecular weight excluding hydrogens is 280 g/mol. The molecular formula is C18H19ClN2. The zero-order chi connectivity index (χ0) is 14.8. The van der Waals surface area contributed by atoms with Gasteiger partial charge in [-0.2, -0.15) is 0 Å². The van der Waals surface area contributed by atoms with Crippen LogP contribution in [0, 0.1) is 0 Å². The van der Waals surface area contributed by atoms with Crippen molar-refractivity contribution >= 4 is 22.6 Å². The van der Waals surface area contributed by atoms with E-state index in [0.29, 0.717) is 11.8 Å². The van der Waals surface area contributed by atoms with Gasteiger partial charge in [-0.1, -0.05) is 44.2 Å². The topological polar surface area (TPSA) is 17.8 Å². The summed E-state index contributed by atoms with van der Waals surface area (Å²) in [7, 11) is 0. The van der Waals surface area contributed by atoms with Crippen LogP contribution in [0.4, 0.5) is 0 Å². The molecule has 1 aromatic heterocycles. The molecule has 0 fully saturated rings. The van der Waals surface area contributed by atoms with Crippen LogP contribution >= 0.6 is 11.6 Å². The molecule has 0 aliphatic heterocycles. The maximum absolute atomic E-state index is 5.97. The van der Waals surface area contributed by atoms with Crippen LogP contribution in [0.25, 0.3) is 16.7 Å². The lowest BCUT2D eigenvalue weighted by Gasteiger charge is -2.16. The summed E-state index contributed by atoms with van der Waals surface area (Å²) in [6, 6.07) is 16.8. The van der Waals surface area contributed by atoms with Gasteiger partial charge in [-0.15, -0.1) is 11.6 Å². The second kappa shape index (κ2) is 5.90. The molecule has 0 aliphatic carbocycles. The Labute approximate surface area is 130 Å². The van der Waals surface area contributed by atoms with E-state index in [2.05, 4.69) is 60.9 Å². The van der Waals surface area contributed by atoms with E-state index in [-0.39, 0.29) is 0 Å². The number of halogens is 1. The molecule has 108 valence electrons. The molecule has 0 atom stereocenters. The van der Waals surface area contributed by atoms with Crippen molar-refractivity contribution in [2.45, 2.75) is 26.2 Å². The summed E-state index contributed by atoms with van der Waals surface area (Å²) in [4.78, 5) is 4.76. The number of aryl methyl sites for hydroxylation is 1. The van der Waals surface area contributed by atoms with Crippen LogP contribution in [-0.4, -0.2) is 15.4 Å². The number of hydrogen-bond donors (Lipinski definition) is 0. The number of fused-ring (bicyclic) bond motifs is 1. The molecule has 0 radical (unpaired) electrons. The molecule has 0 amide bonds. The first-order valence-corrected chi connectivity index (χ1v) is 7.87. The summed E-state index contributed by atoms with van der Waals surface area (Å²) in [5, 5.41) is 0. The molecule has 3 rings (SSSR count). The number of para-hydroxylation sites is 3.